The van der Waals surface area contributed by atoms with Gasteiger partial charge in [0.1, 0.15) is 0 Å². The Hall–Kier alpha value is -0.650. The zero-order valence-electron chi connectivity index (χ0n) is 10.8. The molecule has 0 aromatic heterocycles. The van der Waals surface area contributed by atoms with Gasteiger partial charge in [0.25, 0.3) is 0 Å². The smallest absolute Gasteiger partial charge is 0.308 e. The average molecular weight is 245 g/mol. The minimum Gasteiger partial charge on any atom is -0.481 e. The third-order valence-corrected chi connectivity index (χ3v) is 3.10. The largest absolute Gasteiger partial charge is 0.481 e. The van der Waals surface area contributed by atoms with Crippen molar-refractivity contribution in [3.63, 3.8) is 0 Å². The Kier molecular flexibility index (Phi) is 5.36. The summed E-state index contributed by atoms with van der Waals surface area (Å²) >= 11 is 0. The van der Waals surface area contributed by atoms with E-state index in [1.54, 1.807) is 0 Å². The quantitative estimate of drug-likeness (QED) is 0.710. The number of likely N-dealkylation sites (tertiary alicyclic amines) is 1. The molecule has 0 amide bonds. The zero-order valence-corrected chi connectivity index (χ0v) is 10.8. The first-order valence-corrected chi connectivity index (χ1v) is 6.15. The average Bonchev–Trinajstić information content (AvgIpc) is 2.56. The van der Waals surface area contributed by atoms with Crippen molar-refractivity contribution >= 4 is 5.97 Å². The molecule has 3 unspecified atom stereocenters. The number of ether oxygens (including phenoxy) is 1. The lowest BCUT2D eigenvalue weighted by Crippen LogP contribution is -2.34. The van der Waals surface area contributed by atoms with Crippen LogP contribution in [0.2, 0.25) is 0 Å². The molecule has 0 aliphatic carbocycles. The topological polar surface area (TPSA) is 70.0 Å². The van der Waals surface area contributed by atoms with Crippen molar-refractivity contribution in [3.05, 3.63) is 0 Å². The molecule has 1 fully saturated rings. The van der Waals surface area contributed by atoms with Crippen LogP contribution in [0.25, 0.3) is 0 Å². The van der Waals surface area contributed by atoms with Crippen molar-refractivity contribution in [1.82, 2.24) is 4.90 Å². The molecule has 0 spiro atoms. The van der Waals surface area contributed by atoms with Gasteiger partial charge in [-0.2, -0.15) is 0 Å². The predicted octanol–water partition coefficient (Wildman–Crippen LogP) is 0.425. The Labute approximate surface area is 102 Å². The highest BCUT2D eigenvalue weighted by Crippen LogP contribution is 2.23. The van der Waals surface area contributed by atoms with Crippen molar-refractivity contribution in [1.29, 1.82) is 0 Å². The Morgan fingerprint density at radius 3 is 2.59 bits per heavy atom. The number of carboxylic acid groups (broad SMARTS) is 1. The SMILES string of the molecule is CC(C)OCC(O)CN1CC(C)C(C(=O)O)C1. The molecule has 0 bridgehead atoms. The van der Waals surface area contributed by atoms with Crippen LogP contribution in [0.5, 0.6) is 0 Å². The second-order valence-electron chi connectivity index (χ2n) is 5.18. The predicted molar refractivity (Wildman–Crippen MR) is 63.8 cm³/mol. The molecule has 0 aromatic carbocycles. The van der Waals surface area contributed by atoms with Gasteiger partial charge in [-0.1, -0.05) is 6.92 Å². The summed E-state index contributed by atoms with van der Waals surface area (Å²) in [6.07, 6.45) is -0.439. The van der Waals surface area contributed by atoms with Crippen molar-refractivity contribution in [2.45, 2.75) is 33.0 Å². The number of rotatable bonds is 6. The van der Waals surface area contributed by atoms with Gasteiger partial charge in [0, 0.05) is 19.6 Å². The highest BCUT2D eigenvalue weighted by Gasteiger charge is 2.35. The van der Waals surface area contributed by atoms with Crippen LogP contribution in [0.4, 0.5) is 0 Å². The summed E-state index contributed by atoms with van der Waals surface area (Å²) in [4.78, 5) is 12.9. The maximum absolute atomic E-state index is 10.9. The Bertz CT molecular complexity index is 257. The van der Waals surface area contributed by atoms with E-state index in [0.717, 1.165) is 6.54 Å². The molecule has 0 radical (unpaired) electrons. The van der Waals surface area contributed by atoms with Gasteiger partial charge in [-0.15, -0.1) is 0 Å². The van der Waals surface area contributed by atoms with E-state index in [0.29, 0.717) is 19.7 Å². The third-order valence-electron chi connectivity index (χ3n) is 3.10. The van der Waals surface area contributed by atoms with E-state index in [-0.39, 0.29) is 17.9 Å². The summed E-state index contributed by atoms with van der Waals surface area (Å²) in [7, 11) is 0. The lowest BCUT2D eigenvalue weighted by atomic mass is 9.99. The second-order valence-corrected chi connectivity index (χ2v) is 5.18. The standard InChI is InChI=1S/C12H23NO4/c1-8(2)17-7-10(14)5-13-4-9(3)11(6-13)12(15)16/h8-11,14H,4-7H2,1-3H3,(H,15,16). The number of hydrogen-bond donors (Lipinski definition) is 2. The minimum absolute atomic E-state index is 0.105. The highest BCUT2D eigenvalue weighted by atomic mass is 16.5. The Morgan fingerprint density at radius 2 is 2.12 bits per heavy atom. The molecule has 5 nitrogen and oxygen atoms in total. The van der Waals surface area contributed by atoms with Gasteiger partial charge >= 0.3 is 5.97 Å². The molecular formula is C12H23NO4. The van der Waals surface area contributed by atoms with Crippen molar-refractivity contribution in [2.24, 2.45) is 11.8 Å². The summed E-state index contributed by atoms with van der Waals surface area (Å²) in [6, 6.07) is 0. The fourth-order valence-corrected chi connectivity index (χ4v) is 2.19. The molecule has 0 aromatic rings. The summed E-state index contributed by atoms with van der Waals surface area (Å²) in [5.41, 5.74) is 0. The Morgan fingerprint density at radius 1 is 1.47 bits per heavy atom. The van der Waals surface area contributed by atoms with E-state index in [1.165, 1.54) is 0 Å². The summed E-state index contributed by atoms with van der Waals surface area (Å²) in [5, 5.41) is 18.8. The van der Waals surface area contributed by atoms with Gasteiger partial charge in [0.2, 0.25) is 0 Å². The molecular weight excluding hydrogens is 222 g/mol. The molecule has 1 aliphatic rings. The monoisotopic (exact) mass is 245 g/mol. The molecule has 100 valence electrons. The van der Waals surface area contributed by atoms with Crippen LogP contribution in [0.3, 0.4) is 0 Å². The molecule has 1 heterocycles. The van der Waals surface area contributed by atoms with Crippen LogP contribution >= 0.6 is 0 Å². The molecule has 0 saturated carbocycles. The number of hydrogen-bond acceptors (Lipinski definition) is 4. The van der Waals surface area contributed by atoms with E-state index in [2.05, 4.69) is 0 Å². The van der Waals surface area contributed by atoms with Crippen LogP contribution in [-0.2, 0) is 9.53 Å². The van der Waals surface area contributed by atoms with E-state index in [1.807, 2.05) is 25.7 Å². The van der Waals surface area contributed by atoms with Gasteiger partial charge < -0.3 is 14.9 Å². The van der Waals surface area contributed by atoms with Gasteiger partial charge in [-0.25, -0.2) is 0 Å². The number of aliphatic carboxylic acids is 1. The molecule has 17 heavy (non-hydrogen) atoms. The molecule has 1 saturated heterocycles. The number of aliphatic hydroxyl groups excluding tert-OH is 1. The highest BCUT2D eigenvalue weighted by molar-refractivity contribution is 5.71. The first kappa shape index (κ1) is 14.4. The maximum Gasteiger partial charge on any atom is 0.308 e. The minimum atomic E-state index is -0.743. The third kappa shape index (κ3) is 4.61. The van der Waals surface area contributed by atoms with Crippen LogP contribution in [-0.4, -0.2) is 59.5 Å². The Balaban J connectivity index is 2.31. The van der Waals surface area contributed by atoms with Crippen LogP contribution in [0.15, 0.2) is 0 Å². The first-order valence-electron chi connectivity index (χ1n) is 6.15. The number of carboxylic acids is 1. The second kappa shape index (κ2) is 6.33. The van der Waals surface area contributed by atoms with Gasteiger partial charge in [0.05, 0.1) is 24.7 Å². The van der Waals surface area contributed by atoms with E-state index < -0.39 is 12.1 Å². The first-order chi connectivity index (χ1) is 7.90. The maximum atomic E-state index is 10.9. The molecule has 5 heteroatoms. The molecule has 2 N–H and O–H groups in total. The summed E-state index contributed by atoms with van der Waals surface area (Å²) in [5.74, 6) is -0.910. The number of nitrogens with zero attached hydrogens (tertiary/aromatic N) is 1. The molecule has 1 rings (SSSR count). The fourth-order valence-electron chi connectivity index (χ4n) is 2.19. The normalized spacial score (nSPS) is 27.6. The molecule has 1 aliphatic heterocycles. The number of carbonyl (C=O) groups is 1. The summed E-state index contributed by atoms with van der Waals surface area (Å²) in [6.45, 7) is 7.83. The van der Waals surface area contributed by atoms with Crippen molar-refractivity contribution in [3.8, 4) is 0 Å². The van der Waals surface area contributed by atoms with Crippen molar-refractivity contribution in [2.75, 3.05) is 26.2 Å². The fraction of sp³-hybridized carbons (Fsp3) is 0.917. The number of β-amino-alcohol motifs (C(OH)–C–C–N with tert-alkyl or cyclic N) is 1. The van der Waals surface area contributed by atoms with Gasteiger partial charge in [-0.3, -0.25) is 9.69 Å². The zero-order chi connectivity index (χ0) is 13.0. The van der Waals surface area contributed by atoms with Gasteiger partial charge in [0.15, 0.2) is 0 Å². The van der Waals surface area contributed by atoms with Crippen LogP contribution in [0, 0.1) is 11.8 Å². The van der Waals surface area contributed by atoms with E-state index in [9.17, 15) is 9.90 Å². The van der Waals surface area contributed by atoms with Crippen molar-refractivity contribution < 1.29 is 19.7 Å². The van der Waals surface area contributed by atoms with E-state index >= 15 is 0 Å². The van der Waals surface area contributed by atoms with Gasteiger partial charge in [-0.05, 0) is 19.8 Å². The lowest BCUT2D eigenvalue weighted by molar-refractivity contribution is -0.142. The summed E-state index contributed by atoms with van der Waals surface area (Å²) < 4.78 is 5.32. The van der Waals surface area contributed by atoms with Crippen LogP contribution < -0.4 is 0 Å². The van der Waals surface area contributed by atoms with E-state index in [4.69, 9.17) is 9.84 Å². The lowest BCUT2D eigenvalue weighted by Gasteiger charge is -2.20. The molecule has 3 atom stereocenters. The van der Waals surface area contributed by atoms with Crippen LogP contribution in [0.1, 0.15) is 20.8 Å². The number of aliphatic hydroxyl groups is 1.